The lowest BCUT2D eigenvalue weighted by Gasteiger charge is -2.25. The first kappa shape index (κ1) is 10.1. The average Bonchev–Trinajstić information content (AvgIpc) is 2.99. The molecule has 1 unspecified atom stereocenters. The summed E-state index contributed by atoms with van der Waals surface area (Å²) >= 11 is 0. The van der Waals surface area contributed by atoms with Gasteiger partial charge in [-0.3, -0.25) is 4.79 Å². The van der Waals surface area contributed by atoms with Gasteiger partial charge in [0.25, 0.3) is 0 Å². The van der Waals surface area contributed by atoms with Gasteiger partial charge in [0.05, 0.1) is 5.41 Å². The fourth-order valence-electron chi connectivity index (χ4n) is 2.01. The Morgan fingerprint density at radius 1 is 1.53 bits per heavy atom. The smallest absolute Gasteiger partial charge is 0.314 e. The third-order valence-corrected chi connectivity index (χ3v) is 3.26. The zero-order valence-corrected chi connectivity index (χ0v) is 8.53. The zero-order chi connectivity index (χ0) is 11.1. The lowest BCUT2D eigenvalue weighted by atomic mass is 9.78. The molecule has 0 radical (unpaired) electrons. The fourth-order valence-corrected chi connectivity index (χ4v) is 2.01. The molecule has 1 aromatic rings. The number of hydrogen-bond acceptors (Lipinski definition) is 1. The van der Waals surface area contributed by atoms with E-state index in [1.165, 1.54) is 12.1 Å². The van der Waals surface area contributed by atoms with Crippen LogP contribution in [-0.4, -0.2) is 11.1 Å². The third-order valence-electron chi connectivity index (χ3n) is 3.26. The van der Waals surface area contributed by atoms with Gasteiger partial charge in [-0.15, -0.1) is 0 Å². The summed E-state index contributed by atoms with van der Waals surface area (Å²) in [6.07, 6.45) is 1.83. The molecule has 2 rings (SSSR count). The third kappa shape index (κ3) is 1.62. The monoisotopic (exact) mass is 208 g/mol. The van der Waals surface area contributed by atoms with E-state index in [9.17, 15) is 14.3 Å². The highest BCUT2D eigenvalue weighted by Crippen LogP contribution is 2.47. The summed E-state index contributed by atoms with van der Waals surface area (Å²) in [5.74, 6) is -1.09. The maximum absolute atomic E-state index is 13.1. The van der Waals surface area contributed by atoms with E-state index >= 15 is 0 Å². The number of aliphatic carboxylic acids is 1. The Kier molecular flexibility index (Phi) is 2.25. The molecule has 3 heteroatoms. The summed E-state index contributed by atoms with van der Waals surface area (Å²) in [6, 6.07) is 5.91. The number of hydrogen-bond donors (Lipinski definition) is 1. The molecule has 80 valence electrons. The van der Waals surface area contributed by atoms with Gasteiger partial charge in [-0.25, -0.2) is 4.39 Å². The van der Waals surface area contributed by atoms with E-state index in [1.807, 2.05) is 0 Å². The second-order valence-electron chi connectivity index (χ2n) is 4.29. The highest BCUT2D eigenvalue weighted by Gasteiger charge is 2.48. The van der Waals surface area contributed by atoms with Gasteiger partial charge in [-0.1, -0.05) is 12.1 Å². The van der Waals surface area contributed by atoms with Crippen LogP contribution < -0.4 is 0 Å². The summed E-state index contributed by atoms with van der Waals surface area (Å²) in [4.78, 5) is 11.3. The standard InChI is InChI=1S/C12H13FO2/c1-12(11(14)15,8-5-6-8)9-3-2-4-10(13)7-9/h2-4,7-8H,5-6H2,1H3,(H,14,15). The van der Waals surface area contributed by atoms with E-state index < -0.39 is 11.4 Å². The summed E-state index contributed by atoms with van der Waals surface area (Å²) in [7, 11) is 0. The minimum absolute atomic E-state index is 0.150. The van der Waals surface area contributed by atoms with E-state index in [2.05, 4.69) is 0 Å². The number of halogens is 1. The minimum atomic E-state index is -0.928. The first-order valence-corrected chi connectivity index (χ1v) is 5.04. The molecule has 0 aliphatic heterocycles. The summed E-state index contributed by atoms with van der Waals surface area (Å²) < 4.78 is 13.1. The van der Waals surface area contributed by atoms with Gasteiger partial charge in [-0.2, -0.15) is 0 Å². The number of carbonyl (C=O) groups is 1. The SMILES string of the molecule is CC(C(=O)O)(c1cccc(F)c1)C1CC1. The van der Waals surface area contributed by atoms with Crippen LogP contribution in [0.4, 0.5) is 4.39 Å². The molecular formula is C12H13FO2. The highest BCUT2D eigenvalue weighted by atomic mass is 19.1. The Morgan fingerprint density at radius 3 is 2.67 bits per heavy atom. The quantitative estimate of drug-likeness (QED) is 0.828. The van der Waals surface area contributed by atoms with Gasteiger partial charge in [0.2, 0.25) is 0 Å². The van der Waals surface area contributed by atoms with Crippen molar-refractivity contribution in [2.24, 2.45) is 5.92 Å². The molecule has 1 aliphatic carbocycles. The van der Waals surface area contributed by atoms with E-state index in [1.54, 1.807) is 19.1 Å². The van der Waals surface area contributed by atoms with Crippen molar-refractivity contribution in [3.05, 3.63) is 35.6 Å². The highest BCUT2D eigenvalue weighted by molar-refractivity contribution is 5.81. The van der Waals surface area contributed by atoms with Crippen molar-refractivity contribution in [2.45, 2.75) is 25.2 Å². The number of benzene rings is 1. The maximum Gasteiger partial charge on any atom is 0.314 e. The average molecular weight is 208 g/mol. The van der Waals surface area contributed by atoms with E-state index in [0.717, 1.165) is 12.8 Å². The first-order chi connectivity index (χ1) is 7.05. The topological polar surface area (TPSA) is 37.3 Å². The molecule has 1 N–H and O–H groups in total. The Balaban J connectivity index is 2.45. The van der Waals surface area contributed by atoms with Crippen LogP contribution in [0.15, 0.2) is 24.3 Å². The van der Waals surface area contributed by atoms with Crippen LogP contribution in [0.5, 0.6) is 0 Å². The summed E-state index contributed by atoms with van der Waals surface area (Å²) in [5, 5.41) is 9.26. The normalized spacial score (nSPS) is 19.6. The molecule has 1 aromatic carbocycles. The van der Waals surface area contributed by atoms with Crippen molar-refractivity contribution in [1.82, 2.24) is 0 Å². The molecule has 0 heterocycles. The first-order valence-electron chi connectivity index (χ1n) is 5.04. The van der Waals surface area contributed by atoms with Crippen molar-refractivity contribution < 1.29 is 14.3 Å². The minimum Gasteiger partial charge on any atom is -0.481 e. The molecule has 1 fully saturated rings. The second-order valence-corrected chi connectivity index (χ2v) is 4.29. The second kappa shape index (κ2) is 3.33. The van der Waals surface area contributed by atoms with Crippen molar-refractivity contribution in [2.75, 3.05) is 0 Å². The van der Waals surface area contributed by atoms with Crippen molar-refractivity contribution >= 4 is 5.97 Å². The Labute approximate surface area is 87.7 Å². The van der Waals surface area contributed by atoms with E-state index in [4.69, 9.17) is 0 Å². The molecule has 1 saturated carbocycles. The van der Waals surface area contributed by atoms with Crippen LogP contribution >= 0.6 is 0 Å². The molecule has 1 atom stereocenters. The molecule has 2 nitrogen and oxygen atoms in total. The molecule has 15 heavy (non-hydrogen) atoms. The number of carboxylic acids is 1. The fraction of sp³-hybridized carbons (Fsp3) is 0.417. The van der Waals surface area contributed by atoms with E-state index in [-0.39, 0.29) is 11.7 Å². The molecule has 0 saturated heterocycles. The van der Waals surface area contributed by atoms with Crippen molar-refractivity contribution in [3.63, 3.8) is 0 Å². The van der Waals surface area contributed by atoms with Gasteiger partial charge >= 0.3 is 5.97 Å². The van der Waals surface area contributed by atoms with E-state index in [0.29, 0.717) is 5.56 Å². The molecule has 0 amide bonds. The summed E-state index contributed by atoms with van der Waals surface area (Å²) in [6.45, 7) is 1.68. The largest absolute Gasteiger partial charge is 0.481 e. The van der Waals surface area contributed by atoms with Gasteiger partial charge < -0.3 is 5.11 Å². The van der Waals surface area contributed by atoms with Gasteiger partial charge in [0.1, 0.15) is 5.82 Å². The van der Waals surface area contributed by atoms with Crippen LogP contribution in [0.3, 0.4) is 0 Å². The van der Waals surface area contributed by atoms with Crippen LogP contribution in [0.1, 0.15) is 25.3 Å². The predicted molar refractivity (Wildman–Crippen MR) is 54.1 cm³/mol. The van der Waals surface area contributed by atoms with Gasteiger partial charge in [0, 0.05) is 0 Å². The molecular weight excluding hydrogens is 195 g/mol. The zero-order valence-electron chi connectivity index (χ0n) is 8.53. The Morgan fingerprint density at radius 2 is 2.20 bits per heavy atom. The van der Waals surface area contributed by atoms with Gasteiger partial charge in [-0.05, 0) is 43.4 Å². The predicted octanol–water partition coefficient (Wildman–Crippen LogP) is 2.58. The molecule has 1 aliphatic rings. The van der Waals surface area contributed by atoms with Crippen molar-refractivity contribution in [3.8, 4) is 0 Å². The Bertz CT molecular complexity index is 398. The molecule has 0 bridgehead atoms. The molecule has 0 aromatic heterocycles. The molecule has 0 spiro atoms. The Hall–Kier alpha value is -1.38. The van der Waals surface area contributed by atoms with Crippen LogP contribution in [0.25, 0.3) is 0 Å². The van der Waals surface area contributed by atoms with Gasteiger partial charge in [0.15, 0.2) is 0 Å². The van der Waals surface area contributed by atoms with Crippen LogP contribution in [0.2, 0.25) is 0 Å². The van der Waals surface area contributed by atoms with Crippen molar-refractivity contribution in [1.29, 1.82) is 0 Å². The lowest BCUT2D eigenvalue weighted by Crippen LogP contribution is -2.34. The van der Waals surface area contributed by atoms with Crippen LogP contribution in [-0.2, 0) is 10.2 Å². The number of rotatable bonds is 3. The number of carboxylic acid groups (broad SMARTS) is 1. The van der Waals surface area contributed by atoms with Crippen LogP contribution in [0, 0.1) is 11.7 Å². The lowest BCUT2D eigenvalue weighted by molar-refractivity contribution is -0.144. The maximum atomic E-state index is 13.1. The summed E-state index contributed by atoms with van der Waals surface area (Å²) in [5.41, 5.74) is -0.361.